The van der Waals surface area contributed by atoms with Gasteiger partial charge in [-0.05, 0) is 31.0 Å². The van der Waals surface area contributed by atoms with Crippen molar-refractivity contribution >= 4 is 16.8 Å². The van der Waals surface area contributed by atoms with Crippen LogP contribution in [0.1, 0.15) is 49.3 Å². The Labute approximate surface area is 148 Å². The molecule has 0 spiro atoms. The molecule has 2 aromatic heterocycles. The van der Waals surface area contributed by atoms with Gasteiger partial charge in [0, 0.05) is 23.8 Å². The number of hydrogen-bond donors (Lipinski definition) is 1. The third-order valence-corrected chi connectivity index (χ3v) is 4.30. The Morgan fingerprint density at radius 1 is 1.16 bits per heavy atom. The molecule has 25 heavy (non-hydrogen) atoms. The maximum atomic E-state index is 12.5. The topological polar surface area (TPSA) is 59.8 Å². The number of unbranched alkanes of at least 4 members (excludes halogenated alkanes) is 2. The molecule has 1 amide bonds. The lowest BCUT2D eigenvalue weighted by Crippen LogP contribution is -2.25. The zero-order chi connectivity index (χ0) is 17.6. The number of carbonyl (C=O) groups excluding carboxylic acids is 1. The van der Waals surface area contributed by atoms with Crippen LogP contribution in [0.15, 0.2) is 42.6 Å². The highest BCUT2D eigenvalue weighted by Crippen LogP contribution is 2.23. The number of nitrogens with zero attached hydrogens (tertiary/aromatic N) is 3. The molecule has 0 unspecified atom stereocenters. The van der Waals surface area contributed by atoms with Crippen molar-refractivity contribution in [2.75, 3.05) is 6.54 Å². The summed E-state index contributed by atoms with van der Waals surface area (Å²) >= 11 is 0. The average molecular weight is 336 g/mol. The smallest absolute Gasteiger partial charge is 0.269 e. The number of pyridine rings is 1. The predicted octanol–water partition coefficient (Wildman–Crippen LogP) is 3.90. The van der Waals surface area contributed by atoms with Crippen LogP contribution >= 0.6 is 0 Å². The summed E-state index contributed by atoms with van der Waals surface area (Å²) in [7, 11) is 0. The van der Waals surface area contributed by atoms with Gasteiger partial charge in [0.1, 0.15) is 5.69 Å². The van der Waals surface area contributed by atoms with Crippen molar-refractivity contribution < 1.29 is 4.79 Å². The largest absolute Gasteiger partial charge is 0.351 e. The van der Waals surface area contributed by atoms with Crippen molar-refractivity contribution in [1.29, 1.82) is 0 Å². The van der Waals surface area contributed by atoms with E-state index in [9.17, 15) is 4.79 Å². The van der Waals surface area contributed by atoms with E-state index in [0.29, 0.717) is 12.2 Å². The molecule has 1 N–H and O–H groups in total. The first kappa shape index (κ1) is 17.1. The monoisotopic (exact) mass is 336 g/mol. The fourth-order valence-electron chi connectivity index (χ4n) is 2.93. The number of nitrogens with one attached hydrogen (secondary N) is 1. The van der Waals surface area contributed by atoms with Gasteiger partial charge in [-0.2, -0.15) is 5.10 Å². The Bertz CT molecular complexity index is 869. The van der Waals surface area contributed by atoms with E-state index in [1.165, 1.54) is 0 Å². The van der Waals surface area contributed by atoms with Gasteiger partial charge in [0.2, 0.25) is 0 Å². The summed E-state index contributed by atoms with van der Waals surface area (Å²) in [6.45, 7) is 4.92. The molecule has 3 aromatic rings. The first-order chi connectivity index (χ1) is 12.2. The first-order valence-corrected chi connectivity index (χ1v) is 8.95. The maximum Gasteiger partial charge on any atom is 0.269 e. The van der Waals surface area contributed by atoms with Crippen molar-refractivity contribution in [1.82, 2.24) is 20.1 Å². The van der Waals surface area contributed by atoms with Gasteiger partial charge in [0.15, 0.2) is 0 Å². The van der Waals surface area contributed by atoms with Crippen LogP contribution in [0.2, 0.25) is 0 Å². The number of amides is 1. The van der Waals surface area contributed by atoms with Crippen LogP contribution in [0.3, 0.4) is 0 Å². The average Bonchev–Trinajstić information content (AvgIpc) is 3.12. The minimum atomic E-state index is -0.131. The molecule has 2 heterocycles. The predicted molar refractivity (Wildman–Crippen MR) is 100 cm³/mol. The van der Waals surface area contributed by atoms with E-state index in [1.807, 2.05) is 41.1 Å². The summed E-state index contributed by atoms with van der Waals surface area (Å²) in [6.07, 6.45) is 5.90. The summed E-state index contributed by atoms with van der Waals surface area (Å²) in [6, 6.07) is 11.7. The standard InChI is InChI=1S/C20H24N4O/c1-3-5-8-12-21-20(25)18-14-19(24-15(4-2)11-13-22-24)16-9-6-7-10-17(16)23-18/h6-7,9-11,13-14H,3-5,8,12H2,1-2H3,(H,21,25). The summed E-state index contributed by atoms with van der Waals surface area (Å²) in [5.74, 6) is -0.131. The van der Waals surface area contributed by atoms with Gasteiger partial charge in [-0.3, -0.25) is 4.79 Å². The number of fused-ring (bicyclic) bond motifs is 1. The van der Waals surface area contributed by atoms with Crippen molar-refractivity contribution in [3.05, 3.63) is 54.0 Å². The summed E-state index contributed by atoms with van der Waals surface area (Å²) in [5.41, 5.74) is 3.23. The van der Waals surface area contributed by atoms with E-state index in [2.05, 4.69) is 29.2 Å². The minimum Gasteiger partial charge on any atom is -0.351 e. The van der Waals surface area contributed by atoms with Gasteiger partial charge in [0.05, 0.1) is 11.2 Å². The van der Waals surface area contributed by atoms with E-state index >= 15 is 0 Å². The fourth-order valence-corrected chi connectivity index (χ4v) is 2.93. The number of rotatable bonds is 7. The molecule has 3 rings (SSSR count). The molecule has 0 saturated heterocycles. The van der Waals surface area contributed by atoms with Crippen LogP contribution in [0.5, 0.6) is 0 Å². The lowest BCUT2D eigenvalue weighted by atomic mass is 10.1. The zero-order valence-corrected chi connectivity index (χ0v) is 14.8. The highest BCUT2D eigenvalue weighted by molar-refractivity contribution is 5.97. The van der Waals surface area contributed by atoms with Crippen LogP contribution in [0.25, 0.3) is 16.6 Å². The highest BCUT2D eigenvalue weighted by atomic mass is 16.1. The van der Waals surface area contributed by atoms with Gasteiger partial charge >= 0.3 is 0 Å². The van der Waals surface area contributed by atoms with E-state index < -0.39 is 0 Å². The molecule has 0 aliphatic rings. The molecule has 130 valence electrons. The molecule has 5 nitrogen and oxygen atoms in total. The zero-order valence-electron chi connectivity index (χ0n) is 14.8. The normalized spacial score (nSPS) is 11.0. The van der Waals surface area contributed by atoms with Gasteiger partial charge in [-0.1, -0.05) is 44.9 Å². The number of para-hydroxylation sites is 1. The molecule has 1 aromatic carbocycles. The summed E-state index contributed by atoms with van der Waals surface area (Å²) in [4.78, 5) is 17.1. The highest BCUT2D eigenvalue weighted by Gasteiger charge is 2.14. The van der Waals surface area contributed by atoms with Crippen molar-refractivity contribution in [2.24, 2.45) is 0 Å². The van der Waals surface area contributed by atoms with Crippen molar-refractivity contribution in [2.45, 2.75) is 39.5 Å². The van der Waals surface area contributed by atoms with E-state index in [-0.39, 0.29) is 5.91 Å². The number of aromatic nitrogens is 3. The Balaban J connectivity index is 2.00. The SMILES string of the molecule is CCCCCNC(=O)c1cc(-n2nccc2CC)c2ccccc2n1. The maximum absolute atomic E-state index is 12.5. The fraction of sp³-hybridized carbons (Fsp3) is 0.350. The Hall–Kier alpha value is -2.69. The quantitative estimate of drug-likeness (QED) is 0.666. The number of hydrogen-bond acceptors (Lipinski definition) is 3. The Morgan fingerprint density at radius 3 is 2.80 bits per heavy atom. The van der Waals surface area contributed by atoms with Crippen molar-refractivity contribution in [3.8, 4) is 5.69 Å². The number of benzene rings is 1. The van der Waals surface area contributed by atoms with Crippen molar-refractivity contribution in [3.63, 3.8) is 0 Å². The van der Waals surface area contributed by atoms with E-state index in [0.717, 1.165) is 48.0 Å². The molecule has 0 atom stereocenters. The summed E-state index contributed by atoms with van der Waals surface area (Å²) in [5, 5.41) is 8.41. The third-order valence-electron chi connectivity index (χ3n) is 4.30. The molecular formula is C20H24N4O. The molecule has 0 fully saturated rings. The molecule has 5 heteroatoms. The summed E-state index contributed by atoms with van der Waals surface area (Å²) < 4.78 is 1.90. The first-order valence-electron chi connectivity index (χ1n) is 8.95. The molecule has 0 radical (unpaired) electrons. The second kappa shape index (κ2) is 7.92. The molecule has 0 aliphatic heterocycles. The Morgan fingerprint density at radius 2 is 2.00 bits per heavy atom. The van der Waals surface area contributed by atoms with Gasteiger partial charge in [-0.15, -0.1) is 0 Å². The van der Waals surface area contributed by atoms with Crippen LogP contribution in [-0.4, -0.2) is 27.2 Å². The lowest BCUT2D eigenvalue weighted by molar-refractivity contribution is 0.0948. The van der Waals surface area contributed by atoms with Gasteiger partial charge in [0.25, 0.3) is 5.91 Å². The molecule has 0 aliphatic carbocycles. The minimum absolute atomic E-state index is 0.131. The van der Waals surface area contributed by atoms with Crippen LogP contribution < -0.4 is 5.32 Å². The van der Waals surface area contributed by atoms with E-state index in [1.54, 1.807) is 6.20 Å². The van der Waals surface area contributed by atoms with Crippen LogP contribution in [0.4, 0.5) is 0 Å². The van der Waals surface area contributed by atoms with Crippen LogP contribution in [-0.2, 0) is 6.42 Å². The van der Waals surface area contributed by atoms with Crippen LogP contribution in [0, 0.1) is 0 Å². The molecule has 0 bridgehead atoms. The molecular weight excluding hydrogens is 312 g/mol. The third kappa shape index (κ3) is 3.71. The van der Waals surface area contributed by atoms with E-state index in [4.69, 9.17) is 0 Å². The number of aryl methyl sites for hydroxylation is 1. The van der Waals surface area contributed by atoms with Gasteiger partial charge < -0.3 is 5.32 Å². The second-order valence-electron chi connectivity index (χ2n) is 6.09. The molecule has 0 saturated carbocycles. The number of carbonyl (C=O) groups is 1. The lowest BCUT2D eigenvalue weighted by Gasteiger charge is -2.12. The Kier molecular flexibility index (Phi) is 5.43. The second-order valence-corrected chi connectivity index (χ2v) is 6.09. The van der Waals surface area contributed by atoms with Gasteiger partial charge in [-0.25, -0.2) is 9.67 Å².